The first-order valence-corrected chi connectivity index (χ1v) is 8.59. The number of hydrogen-bond donors (Lipinski definition) is 1. The summed E-state index contributed by atoms with van der Waals surface area (Å²) >= 11 is 0. The fourth-order valence-corrected chi connectivity index (χ4v) is 2.93. The van der Waals surface area contributed by atoms with E-state index in [0.717, 1.165) is 6.26 Å². The van der Waals surface area contributed by atoms with Gasteiger partial charge in [0.25, 0.3) is 5.91 Å². The van der Waals surface area contributed by atoms with E-state index in [9.17, 15) is 18.0 Å². The molecule has 8 heteroatoms. The molecular weight excluding hydrogens is 310 g/mol. The molecule has 0 aliphatic carbocycles. The number of amides is 1. The number of benzene rings is 1. The first kappa shape index (κ1) is 16.4. The first-order valence-electron chi connectivity index (χ1n) is 6.69. The number of carboxylic acid groups (broad SMARTS) is 1. The van der Waals surface area contributed by atoms with Crippen molar-refractivity contribution in [2.24, 2.45) is 0 Å². The molecule has 7 nitrogen and oxygen atoms in total. The number of nitrogens with zero attached hydrogens (tertiary/aromatic N) is 1. The monoisotopic (exact) mass is 327 g/mol. The summed E-state index contributed by atoms with van der Waals surface area (Å²) in [7, 11) is -3.32. The largest absolute Gasteiger partial charge is 0.481 e. The topological polar surface area (TPSA) is 101 Å². The number of carbonyl (C=O) groups excluding carboxylic acids is 1. The Morgan fingerprint density at radius 1 is 1.32 bits per heavy atom. The van der Waals surface area contributed by atoms with Crippen LogP contribution in [-0.4, -0.2) is 62.4 Å². The quantitative estimate of drug-likeness (QED) is 0.859. The molecule has 1 aliphatic heterocycles. The van der Waals surface area contributed by atoms with Crippen LogP contribution in [0.4, 0.5) is 0 Å². The highest BCUT2D eigenvalue weighted by Gasteiger charge is 2.29. The van der Waals surface area contributed by atoms with E-state index in [2.05, 4.69) is 0 Å². The molecule has 0 bridgehead atoms. The van der Waals surface area contributed by atoms with Crippen molar-refractivity contribution >= 4 is 21.7 Å². The number of carboxylic acids is 1. The number of carbonyl (C=O) groups is 2. The molecule has 120 valence electrons. The van der Waals surface area contributed by atoms with E-state index < -0.39 is 21.8 Å². The van der Waals surface area contributed by atoms with Crippen LogP contribution in [0.5, 0.6) is 0 Å². The lowest BCUT2D eigenvalue weighted by Crippen LogP contribution is -2.49. The summed E-state index contributed by atoms with van der Waals surface area (Å²) in [5, 5.41) is 8.90. The number of morpholine rings is 1. The molecule has 1 unspecified atom stereocenters. The molecule has 0 saturated carbocycles. The highest BCUT2D eigenvalue weighted by Crippen LogP contribution is 2.17. The molecule has 0 aromatic heterocycles. The lowest BCUT2D eigenvalue weighted by atomic mass is 10.1. The summed E-state index contributed by atoms with van der Waals surface area (Å²) in [6, 6.07) is 5.09. The van der Waals surface area contributed by atoms with Crippen molar-refractivity contribution in [3.05, 3.63) is 29.8 Å². The summed E-state index contributed by atoms with van der Waals surface area (Å²) in [4.78, 5) is 24.9. The highest BCUT2D eigenvalue weighted by molar-refractivity contribution is 7.90. The van der Waals surface area contributed by atoms with Crippen molar-refractivity contribution in [2.75, 3.05) is 26.0 Å². The first-order chi connectivity index (χ1) is 10.3. The lowest BCUT2D eigenvalue weighted by Gasteiger charge is -2.34. The van der Waals surface area contributed by atoms with Crippen LogP contribution in [0, 0.1) is 0 Å². The summed E-state index contributed by atoms with van der Waals surface area (Å²) in [5.41, 5.74) is 0.324. The average molecular weight is 327 g/mol. The van der Waals surface area contributed by atoms with Gasteiger partial charge in [-0.25, -0.2) is 8.42 Å². The molecular formula is C14H17NO6S. The molecule has 1 aromatic rings. The zero-order valence-electron chi connectivity index (χ0n) is 12.1. The van der Waals surface area contributed by atoms with Crippen LogP contribution in [0.15, 0.2) is 29.2 Å². The molecule has 0 spiro atoms. The normalized spacial score (nSPS) is 19.0. The second-order valence-corrected chi connectivity index (χ2v) is 7.14. The number of sulfone groups is 1. The van der Waals surface area contributed by atoms with Crippen LogP contribution in [-0.2, 0) is 19.4 Å². The van der Waals surface area contributed by atoms with Gasteiger partial charge in [-0.2, -0.15) is 0 Å². The van der Waals surface area contributed by atoms with Crippen LogP contribution < -0.4 is 0 Å². The van der Waals surface area contributed by atoms with Crippen molar-refractivity contribution in [2.45, 2.75) is 17.4 Å². The Balaban J connectivity index is 2.20. The van der Waals surface area contributed by atoms with Gasteiger partial charge in [0.1, 0.15) is 0 Å². The van der Waals surface area contributed by atoms with Crippen molar-refractivity contribution in [3.8, 4) is 0 Å². The van der Waals surface area contributed by atoms with E-state index in [4.69, 9.17) is 9.84 Å². The van der Waals surface area contributed by atoms with Gasteiger partial charge in [0.05, 0.1) is 30.6 Å². The lowest BCUT2D eigenvalue weighted by molar-refractivity contribution is -0.139. The fraction of sp³-hybridized carbons (Fsp3) is 0.429. The van der Waals surface area contributed by atoms with E-state index >= 15 is 0 Å². The Hall–Kier alpha value is -1.93. The molecule has 1 aromatic carbocycles. The van der Waals surface area contributed by atoms with Crippen molar-refractivity contribution in [3.63, 3.8) is 0 Å². The van der Waals surface area contributed by atoms with Crippen LogP contribution in [0.1, 0.15) is 16.8 Å². The smallest absolute Gasteiger partial charge is 0.305 e. The summed E-state index contributed by atoms with van der Waals surface area (Å²) in [6.07, 6.45) is 0.905. The van der Waals surface area contributed by atoms with Gasteiger partial charge in [-0.15, -0.1) is 0 Å². The predicted octanol–water partition coefficient (Wildman–Crippen LogP) is 0.406. The number of ether oxygens (including phenoxy) is 1. The van der Waals surface area contributed by atoms with E-state index in [-0.39, 0.29) is 23.8 Å². The molecule has 1 amide bonds. The third-order valence-electron chi connectivity index (χ3n) is 3.43. The number of hydrogen-bond acceptors (Lipinski definition) is 5. The number of rotatable bonds is 4. The second-order valence-electron chi connectivity index (χ2n) is 5.12. The molecule has 1 fully saturated rings. The molecule has 1 aliphatic rings. The molecule has 1 saturated heterocycles. The SMILES string of the molecule is CS(=O)(=O)c1ccc(C(=O)N2CCOCC2CC(=O)O)cc1. The van der Waals surface area contributed by atoms with Crippen molar-refractivity contribution < 1.29 is 27.9 Å². The van der Waals surface area contributed by atoms with Gasteiger partial charge in [-0.1, -0.05) is 0 Å². The van der Waals surface area contributed by atoms with E-state index in [1.807, 2.05) is 0 Å². The second kappa shape index (κ2) is 6.45. The van der Waals surface area contributed by atoms with Crippen LogP contribution in [0.3, 0.4) is 0 Å². The van der Waals surface area contributed by atoms with Crippen molar-refractivity contribution in [1.82, 2.24) is 4.90 Å². The average Bonchev–Trinajstić information content (AvgIpc) is 2.46. The minimum Gasteiger partial charge on any atom is -0.481 e. The Kier molecular flexibility index (Phi) is 4.82. The van der Waals surface area contributed by atoms with Crippen molar-refractivity contribution in [1.29, 1.82) is 0 Å². The Morgan fingerprint density at radius 3 is 2.50 bits per heavy atom. The third kappa shape index (κ3) is 3.83. The molecule has 0 radical (unpaired) electrons. The van der Waals surface area contributed by atoms with Gasteiger partial charge in [0.15, 0.2) is 9.84 Å². The molecule has 1 N–H and O–H groups in total. The summed E-state index contributed by atoms with van der Waals surface area (Å²) < 4.78 is 28.1. The minimum atomic E-state index is -3.32. The fourth-order valence-electron chi connectivity index (χ4n) is 2.30. The third-order valence-corrected chi connectivity index (χ3v) is 4.56. The predicted molar refractivity (Wildman–Crippen MR) is 77.4 cm³/mol. The van der Waals surface area contributed by atoms with Crippen LogP contribution in [0.25, 0.3) is 0 Å². The molecule has 22 heavy (non-hydrogen) atoms. The Morgan fingerprint density at radius 2 is 1.95 bits per heavy atom. The Labute approximate surface area is 128 Å². The van der Waals surface area contributed by atoms with Crippen LogP contribution >= 0.6 is 0 Å². The zero-order valence-corrected chi connectivity index (χ0v) is 12.9. The van der Waals surface area contributed by atoms with Crippen LogP contribution in [0.2, 0.25) is 0 Å². The molecule has 2 rings (SSSR count). The zero-order chi connectivity index (χ0) is 16.3. The summed E-state index contributed by atoms with van der Waals surface area (Å²) in [6.45, 7) is 0.841. The Bertz CT molecular complexity index is 667. The van der Waals surface area contributed by atoms with E-state index in [1.165, 1.54) is 29.2 Å². The highest BCUT2D eigenvalue weighted by atomic mass is 32.2. The standard InChI is InChI=1S/C14H17NO6S/c1-22(19,20)12-4-2-10(3-5-12)14(18)15-6-7-21-9-11(15)8-13(16)17/h2-5,11H,6-9H2,1H3,(H,16,17). The maximum absolute atomic E-state index is 12.5. The number of aliphatic carboxylic acids is 1. The van der Waals surface area contributed by atoms with Gasteiger partial charge in [-0.3, -0.25) is 9.59 Å². The summed E-state index contributed by atoms with van der Waals surface area (Å²) in [5.74, 6) is -1.32. The molecule has 1 atom stereocenters. The maximum atomic E-state index is 12.5. The molecule has 1 heterocycles. The van der Waals surface area contributed by atoms with Gasteiger partial charge in [-0.05, 0) is 24.3 Å². The van der Waals surface area contributed by atoms with E-state index in [0.29, 0.717) is 18.7 Å². The minimum absolute atomic E-state index is 0.133. The van der Waals surface area contributed by atoms with Gasteiger partial charge >= 0.3 is 5.97 Å². The van der Waals surface area contributed by atoms with Gasteiger partial charge in [0.2, 0.25) is 0 Å². The van der Waals surface area contributed by atoms with Gasteiger partial charge in [0, 0.05) is 18.4 Å². The van der Waals surface area contributed by atoms with Gasteiger partial charge < -0.3 is 14.7 Å². The van der Waals surface area contributed by atoms with E-state index in [1.54, 1.807) is 0 Å². The maximum Gasteiger partial charge on any atom is 0.305 e.